The number of hydroxylamine groups is 1. The number of aryl methyl sites for hydroxylation is 1. The van der Waals surface area contributed by atoms with Gasteiger partial charge in [-0.25, -0.2) is 14.8 Å². The molecule has 33 heavy (non-hydrogen) atoms. The predicted octanol–water partition coefficient (Wildman–Crippen LogP) is 4.28. The van der Waals surface area contributed by atoms with Crippen LogP contribution in [0.1, 0.15) is 33.8 Å². The van der Waals surface area contributed by atoms with Crippen molar-refractivity contribution in [3.05, 3.63) is 82.0 Å². The summed E-state index contributed by atoms with van der Waals surface area (Å²) in [5.41, 5.74) is 2.59. The molecule has 2 amide bonds. The largest absolute Gasteiger partial charge is 0.462 e. The first-order valence-corrected chi connectivity index (χ1v) is 11.6. The number of carbonyl (C=O) groups is 3. The fourth-order valence-corrected chi connectivity index (χ4v) is 5.25. The van der Waals surface area contributed by atoms with Gasteiger partial charge in [0.05, 0.1) is 23.5 Å². The molecule has 0 unspecified atom stereocenters. The van der Waals surface area contributed by atoms with Gasteiger partial charge >= 0.3 is 5.97 Å². The van der Waals surface area contributed by atoms with Crippen LogP contribution in [0.4, 0.5) is 11.4 Å². The van der Waals surface area contributed by atoms with Crippen molar-refractivity contribution in [2.75, 3.05) is 16.6 Å². The third kappa shape index (κ3) is 3.51. The minimum absolute atomic E-state index is 0.270. The van der Waals surface area contributed by atoms with Crippen LogP contribution in [0.25, 0.3) is 0 Å². The third-order valence-electron chi connectivity index (χ3n) is 5.94. The van der Waals surface area contributed by atoms with E-state index in [9.17, 15) is 14.4 Å². The van der Waals surface area contributed by atoms with E-state index < -0.39 is 29.9 Å². The first-order valence-electron chi connectivity index (χ1n) is 10.7. The number of amides is 2. The lowest BCUT2D eigenvalue weighted by Gasteiger charge is -2.29. The molecule has 2 saturated heterocycles. The number of para-hydroxylation sites is 1. The zero-order valence-corrected chi connectivity index (χ0v) is 19.0. The number of anilines is 2. The number of benzene rings is 2. The van der Waals surface area contributed by atoms with Gasteiger partial charge in [0.1, 0.15) is 12.0 Å². The van der Waals surface area contributed by atoms with Crippen molar-refractivity contribution < 1.29 is 24.0 Å². The number of thiophene rings is 1. The van der Waals surface area contributed by atoms with Gasteiger partial charge in [0.15, 0.2) is 6.10 Å². The molecule has 3 aromatic rings. The molecule has 3 heterocycles. The van der Waals surface area contributed by atoms with Gasteiger partial charge in [-0.3, -0.25) is 14.4 Å². The molecule has 2 fully saturated rings. The van der Waals surface area contributed by atoms with E-state index >= 15 is 0 Å². The van der Waals surface area contributed by atoms with Crippen molar-refractivity contribution in [2.45, 2.75) is 26.0 Å². The molecule has 2 aliphatic heterocycles. The fourth-order valence-electron chi connectivity index (χ4n) is 4.40. The number of nitrogens with zero attached hydrogens (tertiary/aromatic N) is 2. The highest BCUT2D eigenvalue weighted by Gasteiger charge is 2.60. The second kappa shape index (κ2) is 8.46. The first kappa shape index (κ1) is 21.4. The van der Waals surface area contributed by atoms with Crippen molar-refractivity contribution in [1.82, 2.24) is 0 Å². The van der Waals surface area contributed by atoms with Gasteiger partial charge in [-0.05, 0) is 61.2 Å². The molecule has 0 N–H and O–H groups in total. The number of esters is 1. The van der Waals surface area contributed by atoms with Crippen LogP contribution in [0.15, 0.2) is 66.0 Å². The highest BCUT2D eigenvalue weighted by atomic mass is 32.1. The topological polar surface area (TPSA) is 76.2 Å². The Morgan fingerprint density at radius 3 is 2.45 bits per heavy atom. The molecule has 1 aromatic heterocycles. The lowest BCUT2D eigenvalue weighted by Crippen LogP contribution is -2.37. The summed E-state index contributed by atoms with van der Waals surface area (Å²) >= 11 is 1.53. The van der Waals surface area contributed by atoms with Crippen molar-refractivity contribution in [1.29, 1.82) is 0 Å². The Morgan fingerprint density at radius 1 is 1.03 bits per heavy atom. The highest BCUT2D eigenvalue weighted by molar-refractivity contribution is 7.10. The summed E-state index contributed by atoms with van der Waals surface area (Å²) in [5.74, 6) is -1.86. The van der Waals surface area contributed by atoms with Crippen molar-refractivity contribution >= 4 is 40.5 Å². The van der Waals surface area contributed by atoms with Crippen LogP contribution in [0.3, 0.4) is 0 Å². The van der Waals surface area contributed by atoms with Crippen LogP contribution < -0.4 is 9.96 Å². The summed E-state index contributed by atoms with van der Waals surface area (Å²) in [6.07, 6.45) is -0.922. The van der Waals surface area contributed by atoms with Gasteiger partial charge < -0.3 is 4.74 Å². The number of carbonyl (C=O) groups excluding carboxylic acids is 3. The van der Waals surface area contributed by atoms with E-state index in [1.165, 1.54) is 16.2 Å². The molecule has 3 atom stereocenters. The number of ether oxygens (including phenoxy) is 1. The fraction of sp³-hybridized carbons (Fsp3) is 0.240. The maximum atomic E-state index is 13.6. The van der Waals surface area contributed by atoms with Crippen LogP contribution in [-0.2, 0) is 19.2 Å². The predicted molar refractivity (Wildman–Crippen MR) is 124 cm³/mol. The maximum Gasteiger partial charge on any atom is 0.338 e. The van der Waals surface area contributed by atoms with E-state index in [-0.39, 0.29) is 12.5 Å². The maximum absolute atomic E-state index is 13.6. The quantitative estimate of drug-likeness (QED) is 0.416. The van der Waals surface area contributed by atoms with Gasteiger partial charge in [-0.2, -0.15) is 0 Å². The zero-order valence-electron chi connectivity index (χ0n) is 18.1. The Bertz CT molecular complexity index is 1210. The lowest BCUT2D eigenvalue weighted by atomic mass is 9.95. The lowest BCUT2D eigenvalue weighted by molar-refractivity contribution is -0.126. The molecule has 168 valence electrons. The van der Waals surface area contributed by atoms with E-state index in [2.05, 4.69) is 0 Å². The Balaban J connectivity index is 1.49. The molecule has 0 saturated carbocycles. The van der Waals surface area contributed by atoms with Crippen LogP contribution in [0.2, 0.25) is 0 Å². The summed E-state index contributed by atoms with van der Waals surface area (Å²) in [6, 6.07) is 17.5. The summed E-state index contributed by atoms with van der Waals surface area (Å²) in [6.45, 7) is 3.97. The molecule has 8 heteroatoms. The van der Waals surface area contributed by atoms with Gasteiger partial charge in [-0.1, -0.05) is 24.3 Å². The number of hydrogen-bond donors (Lipinski definition) is 0. The molecule has 0 spiro atoms. The Hall–Kier alpha value is -3.49. The number of rotatable bonds is 5. The number of fused-ring (bicyclic) bond motifs is 1. The molecule has 7 nitrogen and oxygen atoms in total. The summed E-state index contributed by atoms with van der Waals surface area (Å²) < 4.78 is 5.00. The minimum Gasteiger partial charge on any atom is -0.462 e. The monoisotopic (exact) mass is 462 g/mol. The minimum atomic E-state index is -0.922. The van der Waals surface area contributed by atoms with E-state index in [1.54, 1.807) is 36.3 Å². The van der Waals surface area contributed by atoms with Crippen LogP contribution in [0, 0.1) is 12.8 Å². The smallest absolute Gasteiger partial charge is 0.338 e. The zero-order chi connectivity index (χ0) is 23.1. The molecule has 0 bridgehead atoms. The van der Waals surface area contributed by atoms with Crippen LogP contribution >= 0.6 is 11.3 Å². The van der Waals surface area contributed by atoms with Gasteiger partial charge in [0.25, 0.3) is 5.91 Å². The SMILES string of the molecule is CCOC(=O)c1ccc(N2C(=O)[C@H]3[C@@H](c4cccs4)N(c4ccccc4C)O[C@H]3C2=O)cc1. The molecule has 0 radical (unpaired) electrons. The van der Waals surface area contributed by atoms with E-state index in [1.807, 2.05) is 48.7 Å². The molecular weight excluding hydrogens is 440 g/mol. The van der Waals surface area contributed by atoms with Crippen LogP contribution in [-0.4, -0.2) is 30.5 Å². The first-order chi connectivity index (χ1) is 16.0. The normalized spacial score (nSPS) is 22.1. The average Bonchev–Trinajstić information content (AvgIpc) is 3.52. The number of hydrogen-bond acceptors (Lipinski definition) is 7. The van der Waals surface area contributed by atoms with E-state index in [0.717, 1.165) is 16.1 Å². The summed E-state index contributed by atoms with van der Waals surface area (Å²) in [5, 5.41) is 3.67. The molecule has 2 aliphatic rings. The Kier molecular flexibility index (Phi) is 5.47. The third-order valence-corrected chi connectivity index (χ3v) is 6.88. The Labute approximate surface area is 195 Å². The molecule has 5 rings (SSSR count). The standard InChI is InChI=1S/C25H22N2O5S/c1-3-31-25(30)16-10-12-17(13-11-16)26-23(28)20-21(19-9-6-14-33-19)27(32-22(20)24(26)29)18-8-5-4-7-15(18)2/h4-14,20-22H,3H2,1-2H3/t20-,21+,22+/m0/s1. The number of imide groups is 1. The summed E-state index contributed by atoms with van der Waals surface area (Å²) in [7, 11) is 0. The van der Waals surface area contributed by atoms with Crippen molar-refractivity contribution in [3.8, 4) is 0 Å². The second-order valence-corrected chi connectivity index (χ2v) is 8.88. The Morgan fingerprint density at radius 2 is 1.79 bits per heavy atom. The van der Waals surface area contributed by atoms with Gasteiger partial charge in [0.2, 0.25) is 5.91 Å². The van der Waals surface area contributed by atoms with Crippen molar-refractivity contribution in [2.24, 2.45) is 5.92 Å². The second-order valence-electron chi connectivity index (χ2n) is 7.90. The average molecular weight is 463 g/mol. The van der Waals surface area contributed by atoms with E-state index in [0.29, 0.717) is 11.3 Å². The summed E-state index contributed by atoms with van der Waals surface area (Å²) in [4.78, 5) is 47.2. The molecule has 0 aliphatic carbocycles. The highest BCUT2D eigenvalue weighted by Crippen LogP contribution is 2.49. The molecule has 2 aromatic carbocycles. The van der Waals surface area contributed by atoms with Crippen molar-refractivity contribution in [3.63, 3.8) is 0 Å². The van der Waals surface area contributed by atoms with Crippen LogP contribution in [0.5, 0.6) is 0 Å². The van der Waals surface area contributed by atoms with Gasteiger partial charge in [0, 0.05) is 4.88 Å². The molecular formula is C25H22N2O5S. The van der Waals surface area contributed by atoms with Gasteiger partial charge in [-0.15, -0.1) is 11.3 Å². The van der Waals surface area contributed by atoms with E-state index in [4.69, 9.17) is 9.57 Å².